The largest absolute Gasteiger partial charge is 0.448 e. The lowest BCUT2D eigenvalue weighted by molar-refractivity contribution is 0.525. The number of halogens is 1. The van der Waals surface area contributed by atoms with Gasteiger partial charge in [-0.3, -0.25) is 0 Å². The predicted octanol–water partition coefficient (Wildman–Crippen LogP) is 3.00. The smallest absolute Gasteiger partial charge is 0.181 e. The number of oxazole rings is 1. The molecule has 0 aliphatic rings. The molecule has 0 aliphatic carbocycles. The van der Waals surface area contributed by atoms with Crippen LogP contribution in [0.3, 0.4) is 0 Å². The number of rotatable bonds is 3. The zero-order chi connectivity index (χ0) is 11.5. The molecule has 0 saturated heterocycles. The first-order valence-corrected chi connectivity index (χ1v) is 5.72. The summed E-state index contributed by atoms with van der Waals surface area (Å²) in [4.78, 5) is 4.89. The first-order chi connectivity index (χ1) is 7.66. The number of hydrogen-bond acceptors (Lipinski definition) is 4. The Morgan fingerprint density at radius 2 is 2.31 bits per heavy atom. The number of nitrogens with zero attached hydrogens (tertiary/aromatic N) is 1. The van der Waals surface area contributed by atoms with Gasteiger partial charge in [-0.2, -0.15) is 0 Å². The Morgan fingerprint density at radius 3 is 2.94 bits per heavy atom. The fraction of sp³-hybridized carbons (Fsp3) is 0.182. The molecular formula is C11H11FN2OS. The number of anilines is 1. The molecule has 2 N–H and O–H groups in total. The van der Waals surface area contributed by atoms with Gasteiger partial charge in [0.25, 0.3) is 0 Å². The van der Waals surface area contributed by atoms with E-state index in [-0.39, 0.29) is 11.5 Å². The van der Waals surface area contributed by atoms with Crippen molar-refractivity contribution in [3.8, 4) is 0 Å². The van der Waals surface area contributed by atoms with E-state index in [1.54, 1.807) is 12.1 Å². The Bertz CT molecular complexity index is 498. The van der Waals surface area contributed by atoms with Gasteiger partial charge >= 0.3 is 0 Å². The summed E-state index contributed by atoms with van der Waals surface area (Å²) in [5.74, 6) is 1.07. The van der Waals surface area contributed by atoms with Crippen LogP contribution in [-0.2, 0) is 5.75 Å². The van der Waals surface area contributed by atoms with Crippen LogP contribution in [-0.4, -0.2) is 4.98 Å². The van der Waals surface area contributed by atoms with E-state index in [1.165, 1.54) is 24.2 Å². The molecule has 5 heteroatoms. The van der Waals surface area contributed by atoms with Crippen molar-refractivity contribution >= 4 is 17.4 Å². The normalized spacial score (nSPS) is 10.6. The highest BCUT2D eigenvalue weighted by Crippen LogP contribution is 2.25. The molecule has 0 aliphatic heterocycles. The highest BCUT2D eigenvalue weighted by atomic mass is 32.2. The summed E-state index contributed by atoms with van der Waals surface area (Å²) in [6, 6.07) is 4.78. The lowest BCUT2D eigenvalue weighted by atomic mass is 10.3. The molecule has 0 amide bonds. The Hall–Kier alpha value is -1.49. The number of nitrogen functional groups attached to an aromatic ring is 1. The number of hydrogen-bond donors (Lipinski definition) is 1. The summed E-state index contributed by atoms with van der Waals surface area (Å²) >= 11 is 1.50. The lowest BCUT2D eigenvalue weighted by Gasteiger charge is -2.01. The second-order valence-corrected chi connectivity index (χ2v) is 4.38. The molecule has 84 valence electrons. The highest BCUT2D eigenvalue weighted by Gasteiger charge is 2.05. The number of aromatic nitrogens is 1. The van der Waals surface area contributed by atoms with Crippen molar-refractivity contribution in [2.24, 2.45) is 0 Å². The van der Waals surface area contributed by atoms with Crippen molar-refractivity contribution in [2.75, 3.05) is 5.73 Å². The Balaban J connectivity index is 2.05. The van der Waals surface area contributed by atoms with E-state index in [9.17, 15) is 4.39 Å². The van der Waals surface area contributed by atoms with Gasteiger partial charge in [0.1, 0.15) is 11.6 Å². The van der Waals surface area contributed by atoms with Crippen LogP contribution in [0.4, 0.5) is 10.1 Å². The summed E-state index contributed by atoms with van der Waals surface area (Å²) < 4.78 is 18.2. The number of nitrogens with two attached hydrogens (primary N) is 1. The van der Waals surface area contributed by atoms with E-state index in [0.29, 0.717) is 5.75 Å². The maximum atomic E-state index is 13.2. The maximum absolute atomic E-state index is 13.2. The molecule has 16 heavy (non-hydrogen) atoms. The van der Waals surface area contributed by atoms with Crippen LogP contribution in [0.25, 0.3) is 0 Å². The van der Waals surface area contributed by atoms with Crippen LogP contribution in [0.5, 0.6) is 0 Å². The third-order valence-electron chi connectivity index (χ3n) is 2.19. The van der Waals surface area contributed by atoms with Crippen LogP contribution < -0.4 is 5.73 Å². The van der Waals surface area contributed by atoms with Crippen molar-refractivity contribution in [2.45, 2.75) is 17.6 Å². The first kappa shape index (κ1) is 11.0. The standard InChI is InChI=1S/C11H11FN2OS/c1-7-11(14-6-15-7)5-16-8-2-3-10(13)9(12)4-8/h2-4,6H,5,13H2,1H3. The Morgan fingerprint density at radius 1 is 1.50 bits per heavy atom. The fourth-order valence-corrected chi connectivity index (χ4v) is 2.15. The molecule has 0 unspecified atom stereocenters. The van der Waals surface area contributed by atoms with E-state index in [0.717, 1.165) is 16.3 Å². The monoisotopic (exact) mass is 238 g/mol. The highest BCUT2D eigenvalue weighted by molar-refractivity contribution is 7.98. The molecule has 0 spiro atoms. The van der Waals surface area contributed by atoms with Crippen LogP contribution in [0.1, 0.15) is 11.5 Å². The average Bonchev–Trinajstić information content (AvgIpc) is 2.66. The van der Waals surface area contributed by atoms with Crippen molar-refractivity contribution in [3.05, 3.63) is 41.9 Å². The summed E-state index contributed by atoms with van der Waals surface area (Å²) in [6.07, 6.45) is 1.41. The van der Waals surface area contributed by atoms with Gasteiger partial charge in [-0.1, -0.05) is 0 Å². The molecule has 1 aromatic carbocycles. The summed E-state index contributed by atoms with van der Waals surface area (Å²) in [7, 11) is 0. The van der Waals surface area contributed by atoms with Crippen molar-refractivity contribution in [1.82, 2.24) is 4.98 Å². The minimum atomic E-state index is -0.387. The molecule has 0 bridgehead atoms. The fourth-order valence-electron chi connectivity index (χ4n) is 1.22. The summed E-state index contributed by atoms with van der Waals surface area (Å²) in [5, 5.41) is 0. The quantitative estimate of drug-likeness (QED) is 0.659. The third kappa shape index (κ3) is 2.36. The SMILES string of the molecule is Cc1ocnc1CSc1ccc(N)c(F)c1. The zero-order valence-electron chi connectivity index (χ0n) is 8.74. The summed E-state index contributed by atoms with van der Waals surface area (Å²) in [6.45, 7) is 1.85. The van der Waals surface area contributed by atoms with E-state index >= 15 is 0 Å². The second-order valence-electron chi connectivity index (χ2n) is 3.33. The number of thioether (sulfide) groups is 1. The van der Waals surface area contributed by atoms with Crippen LogP contribution in [0, 0.1) is 12.7 Å². The Kier molecular flexibility index (Phi) is 3.14. The molecule has 2 aromatic rings. The average molecular weight is 238 g/mol. The van der Waals surface area contributed by atoms with Gasteiger partial charge in [0.15, 0.2) is 6.39 Å². The van der Waals surface area contributed by atoms with Gasteiger partial charge in [0, 0.05) is 10.6 Å². The maximum Gasteiger partial charge on any atom is 0.181 e. The van der Waals surface area contributed by atoms with Crippen molar-refractivity contribution in [1.29, 1.82) is 0 Å². The van der Waals surface area contributed by atoms with Crippen LogP contribution in [0.15, 0.2) is 33.9 Å². The number of benzene rings is 1. The third-order valence-corrected chi connectivity index (χ3v) is 3.20. The van der Waals surface area contributed by atoms with E-state index in [4.69, 9.17) is 10.2 Å². The molecule has 0 radical (unpaired) electrons. The van der Waals surface area contributed by atoms with Gasteiger partial charge in [-0.15, -0.1) is 11.8 Å². The van der Waals surface area contributed by atoms with Gasteiger partial charge in [-0.05, 0) is 25.1 Å². The molecule has 0 saturated carbocycles. The molecule has 2 rings (SSSR count). The minimum absolute atomic E-state index is 0.168. The summed E-state index contributed by atoms with van der Waals surface area (Å²) in [5.41, 5.74) is 6.44. The Labute approximate surface area is 96.9 Å². The molecule has 0 atom stereocenters. The molecule has 0 fully saturated rings. The van der Waals surface area contributed by atoms with Crippen LogP contribution >= 0.6 is 11.8 Å². The second kappa shape index (κ2) is 4.57. The predicted molar refractivity (Wildman–Crippen MR) is 61.6 cm³/mol. The van der Waals surface area contributed by atoms with Crippen molar-refractivity contribution < 1.29 is 8.81 Å². The number of aryl methyl sites for hydroxylation is 1. The van der Waals surface area contributed by atoms with Gasteiger partial charge in [-0.25, -0.2) is 9.37 Å². The molecule has 3 nitrogen and oxygen atoms in total. The minimum Gasteiger partial charge on any atom is -0.448 e. The molecule has 1 aromatic heterocycles. The van der Waals surface area contributed by atoms with Gasteiger partial charge in [0.2, 0.25) is 0 Å². The zero-order valence-corrected chi connectivity index (χ0v) is 9.55. The van der Waals surface area contributed by atoms with Gasteiger partial charge in [0.05, 0.1) is 11.4 Å². The lowest BCUT2D eigenvalue weighted by Crippen LogP contribution is -1.90. The van der Waals surface area contributed by atoms with E-state index in [2.05, 4.69) is 4.98 Å². The first-order valence-electron chi connectivity index (χ1n) is 4.73. The molecular weight excluding hydrogens is 227 g/mol. The van der Waals surface area contributed by atoms with Crippen molar-refractivity contribution in [3.63, 3.8) is 0 Å². The molecule has 1 heterocycles. The van der Waals surface area contributed by atoms with Crippen LogP contribution in [0.2, 0.25) is 0 Å². The van der Waals surface area contributed by atoms with E-state index in [1.807, 2.05) is 6.92 Å². The van der Waals surface area contributed by atoms with E-state index < -0.39 is 0 Å². The topological polar surface area (TPSA) is 52.0 Å². The van der Waals surface area contributed by atoms with Gasteiger partial charge < -0.3 is 10.2 Å².